The molecule has 3 N–H and O–H groups in total. The Balaban J connectivity index is 1.47. The number of hydrogen-bond donors (Lipinski definition) is 2. The van der Waals surface area contributed by atoms with Gasteiger partial charge in [0.25, 0.3) is 0 Å². The molecule has 128 valence electrons. The van der Waals surface area contributed by atoms with Gasteiger partial charge in [0, 0.05) is 5.41 Å². The van der Waals surface area contributed by atoms with Crippen LogP contribution in [0.25, 0.3) is 0 Å². The summed E-state index contributed by atoms with van der Waals surface area (Å²) in [6, 6.07) is 20.5. The second kappa shape index (κ2) is 8.32. The minimum Gasteiger partial charge on any atom is -0.491 e. The molecule has 0 saturated heterocycles. The maximum Gasteiger partial charge on any atom is 0.137 e. The Bertz CT molecular complexity index is 594. The van der Waals surface area contributed by atoms with Crippen LogP contribution in [0.15, 0.2) is 60.7 Å². The van der Waals surface area contributed by atoms with Crippen molar-refractivity contribution in [2.45, 2.75) is 37.2 Å². The van der Waals surface area contributed by atoms with Gasteiger partial charge in [-0.05, 0) is 30.5 Å². The van der Waals surface area contributed by atoms with Gasteiger partial charge in [-0.2, -0.15) is 0 Å². The molecule has 1 aliphatic rings. The van der Waals surface area contributed by atoms with Gasteiger partial charge in [0.15, 0.2) is 0 Å². The molecule has 0 heterocycles. The lowest BCUT2D eigenvalue weighted by molar-refractivity contribution is -0.668. The first-order valence-electron chi connectivity index (χ1n) is 9.02. The third-order valence-electron chi connectivity index (χ3n) is 5.11. The van der Waals surface area contributed by atoms with Crippen molar-refractivity contribution < 1.29 is 15.2 Å². The van der Waals surface area contributed by atoms with E-state index in [9.17, 15) is 5.11 Å². The molecule has 0 amide bonds. The van der Waals surface area contributed by atoms with Crippen molar-refractivity contribution in [1.82, 2.24) is 0 Å². The van der Waals surface area contributed by atoms with Gasteiger partial charge in [-0.3, -0.25) is 0 Å². The van der Waals surface area contributed by atoms with Gasteiger partial charge in [-0.1, -0.05) is 61.4 Å². The molecule has 0 spiro atoms. The highest BCUT2D eigenvalue weighted by Gasteiger charge is 2.37. The molecule has 3 nitrogen and oxygen atoms in total. The van der Waals surface area contributed by atoms with Gasteiger partial charge < -0.3 is 15.2 Å². The fourth-order valence-electron chi connectivity index (χ4n) is 3.78. The van der Waals surface area contributed by atoms with Crippen LogP contribution in [0.1, 0.15) is 31.2 Å². The minimum atomic E-state index is -0.445. The predicted molar refractivity (Wildman–Crippen MR) is 96.2 cm³/mol. The van der Waals surface area contributed by atoms with E-state index in [1.54, 1.807) is 0 Å². The Labute approximate surface area is 144 Å². The van der Waals surface area contributed by atoms with Crippen molar-refractivity contribution in [3.63, 3.8) is 0 Å². The summed E-state index contributed by atoms with van der Waals surface area (Å²) in [7, 11) is 0. The van der Waals surface area contributed by atoms with Gasteiger partial charge >= 0.3 is 0 Å². The Morgan fingerprint density at radius 1 is 0.958 bits per heavy atom. The molecule has 3 rings (SSSR count). The van der Waals surface area contributed by atoms with E-state index in [1.807, 2.05) is 30.3 Å². The van der Waals surface area contributed by atoms with E-state index in [-0.39, 0.29) is 5.41 Å². The summed E-state index contributed by atoms with van der Waals surface area (Å²) in [6.45, 7) is 2.07. The van der Waals surface area contributed by atoms with Crippen LogP contribution < -0.4 is 10.1 Å². The fourth-order valence-corrected chi connectivity index (χ4v) is 3.78. The number of aliphatic hydroxyl groups excluding tert-OH is 1. The standard InChI is InChI=1S/C21H27NO2/c23-19(16-24-20-11-5-2-6-12-20)15-22-17-21(13-7-8-14-21)18-9-3-1-4-10-18/h1-6,9-12,19,22-23H,7-8,13-17H2/p+1. The van der Waals surface area contributed by atoms with E-state index in [0.717, 1.165) is 12.3 Å². The summed E-state index contributed by atoms with van der Waals surface area (Å²) in [6.07, 6.45) is 4.68. The van der Waals surface area contributed by atoms with E-state index in [0.29, 0.717) is 13.2 Å². The number of benzene rings is 2. The maximum atomic E-state index is 10.2. The average Bonchev–Trinajstić information content (AvgIpc) is 3.12. The molecule has 1 unspecified atom stereocenters. The Kier molecular flexibility index (Phi) is 5.89. The topological polar surface area (TPSA) is 46.1 Å². The van der Waals surface area contributed by atoms with E-state index in [4.69, 9.17) is 4.74 Å². The molecule has 24 heavy (non-hydrogen) atoms. The zero-order valence-corrected chi connectivity index (χ0v) is 14.2. The second-order valence-corrected chi connectivity index (χ2v) is 6.86. The van der Waals surface area contributed by atoms with Crippen LogP contribution in [0.2, 0.25) is 0 Å². The SMILES string of the molecule is OC(C[NH2+]CC1(c2ccccc2)CCCC1)COc1ccccc1. The molecule has 0 bridgehead atoms. The van der Waals surface area contributed by atoms with Crippen LogP contribution in [-0.2, 0) is 5.41 Å². The second-order valence-electron chi connectivity index (χ2n) is 6.86. The number of quaternary nitrogens is 1. The Hall–Kier alpha value is -1.84. The monoisotopic (exact) mass is 326 g/mol. The van der Waals surface area contributed by atoms with Gasteiger partial charge in [0.2, 0.25) is 0 Å². The molecule has 2 aromatic carbocycles. The molecular formula is C21H28NO2+. The Morgan fingerprint density at radius 3 is 2.25 bits per heavy atom. The third kappa shape index (κ3) is 4.37. The maximum absolute atomic E-state index is 10.2. The highest BCUT2D eigenvalue weighted by atomic mass is 16.5. The van der Waals surface area contributed by atoms with Crippen LogP contribution >= 0.6 is 0 Å². The van der Waals surface area contributed by atoms with Crippen LogP contribution in [0, 0.1) is 0 Å². The first-order chi connectivity index (χ1) is 11.8. The van der Waals surface area contributed by atoms with Crippen molar-refractivity contribution in [2.75, 3.05) is 19.7 Å². The summed E-state index contributed by atoms with van der Waals surface area (Å²) in [5, 5.41) is 12.4. The van der Waals surface area contributed by atoms with Crippen LogP contribution in [0.4, 0.5) is 0 Å². The number of para-hydroxylation sites is 1. The highest BCUT2D eigenvalue weighted by Crippen LogP contribution is 2.39. The molecule has 0 aromatic heterocycles. The number of aliphatic hydroxyl groups is 1. The zero-order valence-electron chi connectivity index (χ0n) is 14.2. The van der Waals surface area contributed by atoms with E-state index in [1.165, 1.54) is 31.2 Å². The normalized spacial score (nSPS) is 17.5. The van der Waals surface area contributed by atoms with Gasteiger partial charge in [0.1, 0.15) is 25.0 Å². The predicted octanol–water partition coefficient (Wildman–Crippen LogP) is 2.50. The lowest BCUT2D eigenvalue weighted by atomic mass is 9.79. The lowest BCUT2D eigenvalue weighted by Crippen LogP contribution is -2.89. The van der Waals surface area contributed by atoms with Gasteiger partial charge in [-0.25, -0.2) is 0 Å². The molecule has 1 atom stereocenters. The van der Waals surface area contributed by atoms with Crippen LogP contribution in [-0.4, -0.2) is 30.9 Å². The highest BCUT2D eigenvalue weighted by molar-refractivity contribution is 5.26. The molecule has 1 aliphatic carbocycles. The molecule has 1 saturated carbocycles. The van der Waals surface area contributed by atoms with Crippen LogP contribution in [0.5, 0.6) is 5.75 Å². The number of nitrogens with two attached hydrogens (primary N) is 1. The lowest BCUT2D eigenvalue weighted by Gasteiger charge is -2.28. The number of hydrogen-bond acceptors (Lipinski definition) is 2. The largest absolute Gasteiger partial charge is 0.491 e. The summed E-state index contributed by atoms with van der Waals surface area (Å²) >= 11 is 0. The average molecular weight is 326 g/mol. The molecule has 0 radical (unpaired) electrons. The number of rotatable bonds is 8. The molecular weight excluding hydrogens is 298 g/mol. The smallest absolute Gasteiger partial charge is 0.137 e. The van der Waals surface area contributed by atoms with Gasteiger partial charge in [-0.15, -0.1) is 0 Å². The first-order valence-corrected chi connectivity index (χ1v) is 9.02. The fraction of sp³-hybridized carbons (Fsp3) is 0.429. The summed E-state index contributed by atoms with van der Waals surface area (Å²) < 4.78 is 5.63. The molecule has 0 aliphatic heterocycles. The van der Waals surface area contributed by atoms with Crippen molar-refractivity contribution >= 4 is 0 Å². The zero-order chi connectivity index (χ0) is 16.7. The van der Waals surface area contributed by atoms with Crippen molar-refractivity contribution in [3.8, 4) is 5.75 Å². The van der Waals surface area contributed by atoms with Crippen molar-refractivity contribution in [1.29, 1.82) is 0 Å². The molecule has 3 heteroatoms. The molecule has 1 fully saturated rings. The summed E-state index contributed by atoms with van der Waals surface area (Å²) in [5.41, 5.74) is 1.73. The summed E-state index contributed by atoms with van der Waals surface area (Å²) in [4.78, 5) is 0. The number of ether oxygens (including phenoxy) is 1. The summed E-state index contributed by atoms with van der Waals surface area (Å²) in [5.74, 6) is 0.813. The van der Waals surface area contributed by atoms with Gasteiger partial charge in [0.05, 0.1) is 6.54 Å². The third-order valence-corrected chi connectivity index (χ3v) is 5.11. The van der Waals surface area contributed by atoms with E-state index in [2.05, 4.69) is 35.6 Å². The first kappa shape index (κ1) is 17.0. The molecule has 2 aromatic rings. The Morgan fingerprint density at radius 2 is 1.58 bits per heavy atom. The van der Waals surface area contributed by atoms with E-state index < -0.39 is 6.10 Å². The quantitative estimate of drug-likeness (QED) is 0.783. The van der Waals surface area contributed by atoms with E-state index >= 15 is 0 Å². The minimum absolute atomic E-state index is 0.279. The van der Waals surface area contributed by atoms with Crippen molar-refractivity contribution in [2.24, 2.45) is 0 Å². The van der Waals surface area contributed by atoms with Crippen molar-refractivity contribution in [3.05, 3.63) is 66.2 Å². The van der Waals surface area contributed by atoms with Crippen LogP contribution in [0.3, 0.4) is 0 Å².